The van der Waals surface area contributed by atoms with Gasteiger partial charge in [0, 0.05) is 6.42 Å². The number of rotatable bonds is 42. The molecular weight excluding hydrogens is 731 g/mol. The molecule has 0 saturated carbocycles. The minimum atomic E-state index is -1.55. The SMILES string of the molecule is CCCCCCCCCC/C=C/CCCC[C@@H](O)[C@H](CO[C@H]1O[C@@H](CO)[C@H](O)C(O)C1O)NC(=O)CCCCCCCCCCCCCCCCCCCCCCC. The van der Waals surface area contributed by atoms with Crippen LogP contribution < -0.4 is 5.32 Å². The van der Waals surface area contributed by atoms with Crippen molar-refractivity contribution in [3.63, 3.8) is 0 Å². The summed E-state index contributed by atoms with van der Waals surface area (Å²) in [5.74, 6) is -0.150. The number of nitrogens with one attached hydrogen (secondary N) is 1. The van der Waals surface area contributed by atoms with E-state index in [9.17, 15) is 30.3 Å². The number of carbonyl (C=O) groups is 1. The molecule has 2 unspecified atom stereocenters. The number of aliphatic hydroxyl groups is 5. The molecule has 0 bridgehead atoms. The number of aliphatic hydroxyl groups excluding tert-OH is 5. The monoisotopic (exact) mass is 826 g/mol. The van der Waals surface area contributed by atoms with Crippen LogP contribution in [0.3, 0.4) is 0 Å². The highest BCUT2D eigenvalue weighted by molar-refractivity contribution is 5.76. The largest absolute Gasteiger partial charge is 0.394 e. The Bertz CT molecular complexity index is 919. The highest BCUT2D eigenvalue weighted by Gasteiger charge is 2.44. The van der Waals surface area contributed by atoms with Gasteiger partial charge in [-0.15, -0.1) is 0 Å². The lowest BCUT2D eigenvalue weighted by molar-refractivity contribution is -0.302. The lowest BCUT2D eigenvalue weighted by Gasteiger charge is -2.40. The molecule has 1 rings (SSSR count). The lowest BCUT2D eigenvalue weighted by atomic mass is 9.99. The van der Waals surface area contributed by atoms with Crippen molar-refractivity contribution in [1.29, 1.82) is 0 Å². The van der Waals surface area contributed by atoms with E-state index in [2.05, 4.69) is 31.3 Å². The van der Waals surface area contributed by atoms with Crippen LogP contribution in [0.25, 0.3) is 0 Å². The number of ether oxygens (including phenoxy) is 2. The summed E-state index contributed by atoms with van der Waals surface area (Å²) in [6.07, 6.45) is 39.4. The highest BCUT2D eigenvalue weighted by atomic mass is 16.7. The highest BCUT2D eigenvalue weighted by Crippen LogP contribution is 2.23. The number of amides is 1. The molecular formula is C49H95NO8. The van der Waals surface area contributed by atoms with Crippen molar-refractivity contribution in [3.05, 3.63) is 12.2 Å². The Morgan fingerprint density at radius 3 is 1.40 bits per heavy atom. The van der Waals surface area contributed by atoms with Crippen LogP contribution in [0.15, 0.2) is 12.2 Å². The van der Waals surface area contributed by atoms with Gasteiger partial charge in [0.15, 0.2) is 6.29 Å². The first-order chi connectivity index (χ1) is 28.3. The van der Waals surface area contributed by atoms with Crippen LogP contribution in [0, 0.1) is 0 Å². The molecule has 9 nitrogen and oxygen atoms in total. The number of hydrogen-bond donors (Lipinski definition) is 6. The summed E-state index contributed by atoms with van der Waals surface area (Å²) in [7, 11) is 0. The summed E-state index contributed by atoms with van der Waals surface area (Å²) < 4.78 is 11.3. The van der Waals surface area contributed by atoms with Gasteiger partial charge in [-0.2, -0.15) is 0 Å². The van der Waals surface area contributed by atoms with Gasteiger partial charge >= 0.3 is 0 Å². The Balaban J connectivity index is 2.26. The van der Waals surface area contributed by atoms with Crippen molar-refractivity contribution in [2.45, 2.75) is 281 Å². The Hall–Kier alpha value is -1.07. The molecule has 6 N–H and O–H groups in total. The van der Waals surface area contributed by atoms with Crippen molar-refractivity contribution in [1.82, 2.24) is 5.32 Å². The fourth-order valence-electron chi connectivity index (χ4n) is 8.10. The molecule has 1 aliphatic heterocycles. The topological polar surface area (TPSA) is 149 Å². The van der Waals surface area contributed by atoms with E-state index >= 15 is 0 Å². The van der Waals surface area contributed by atoms with Gasteiger partial charge < -0.3 is 40.3 Å². The van der Waals surface area contributed by atoms with Gasteiger partial charge in [-0.3, -0.25) is 4.79 Å². The van der Waals surface area contributed by atoms with Crippen LogP contribution in [0.5, 0.6) is 0 Å². The van der Waals surface area contributed by atoms with E-state index in [1.807, 2.05) is 0 Å². The smallest absolute Gasteiger partial charge is 0.220 e. The zero-order valence-electron chi connectivity index (χ0n) is 37.8. The van der Waals surface area contributed by atoms with Crippen molar-refractivity contribution >= 4 is 5.91 Å². The van der Waals surface area contributed by atoms with E-state index in [4.69, 9.17) is 9.47 Å². The minimum absolute atomic E-state index is 0.145. The fraction of sp³-hybridized carbons (Fsp3) is 0.939. The molecule has 9 heteroatoms. The van der Waals surface area contributed by atoms with Crippen molar-refractivity contribution in [2.24, 2.45) is 0 Å². The molecule has 7 atom stereocenters. The van der Waals surface area contributed by atoms with Crippen LogP contribution in [-0.2, 0) is 14.3 Å². The number of unbranched alkanes of at least 4 members (excludes halogenated alkanes) is 30. The quantitative estimate of drug-likeness (QED) is 0.0263. The second-order valence-corrected chi connectivity index (χ2v) is 17.6. The van der Waals surface area contributed by atoms with Crippen LogP contribution in [0.1, 0.15) is 239 Å². The fourth-order valence-corrected chi connectivity index (χ4v) is 8.10. The molecule has 1 aliphatic rings. The zero-order valence-corrected chi connectivity index (χ0v) is 37.8. The molecule has 1 saturated heterocycles. The summed E-state index contributed by atoms with van der Waals surface area (Å²) in [4.78, 5) is 13.0. The summed E-state index contributed by atoms with van der Waals surface area (Å²) in [5.41, 5.74) is 0. The van der Waals surface area contributed by atoms with Gasteiger partial charge in [-0.05, 0) is 38.5 Å². The second-order valence-electron chi connectivity index (χ2n) is 17.6. The Labute approximate surface area is 356 Å². The predicted molar refractivity (Wildman–Crippen MR) is 240 cm³/mol. The average molecular weight is 826 g/mol. The Morgan fingerprint density at radius 2 is 0.966 bits per heavy atom. The maximum absolute atomic E-state index is 13.0. The maximum Gasteiger partial charge on any atom is 0.220 e. The Kier molecular flexibility index (Phi) is 37.9. The van der Waals surface area contributed by atoms with E-state index in [1.165, 1.54) is 167 Å². The average Bonchev–Trinajstić information content (AvgIpc) is 3.22. The van der Waals surface area contributed by atoms with Gasteiger partial charge in [0.05, 0.1) is 25.4 Å². The standard InChI is InChI=1S/C49H95NO8/c1-3-5-7-9-11-13-15-17-19-20-21-22-23-24-25-27-29-31-33-35-37-39-45(53)50-42(41-57-49-48(56)47(55)46(54)44(40-51)58-49)43(52)38-36-34-32-30-28-26-18-16-14-12-10-8-6-4-2/h28,30,42-44,46-49,51-52,54-56H,3-27,29,31-41H2,1-2H3,(H,50,53)/b30-28+/t42-,43+,44-,46-,47?,48?,49-/m0/s1. The lowest BCUT2D eigenvalue weighted by Crippen LogP contribution is -2.60. The molecule has 1 fully saturated rings. The first-order valence-corrected chi connectivity index (χ1v) is 24.9. The summed E-state index contributed by atoms with van der Waals surface area (Å²) in [6, 6.07) is -0.729. The number of hydrogen-bond acceptors (Lipinski definition) is 8. The normalized spacial score (nSPS) is 20.8. The van der Waals surface area contributed by atoms with Crippen molar-refractivity contribution in [3.8, 4) is 0 Å². The molecule has 1 amide bonds. The van der Waals surface area contributed by atoms with Crippen LogP contribution >= 0.6 is 0 Å². The number of allylic oxidation sites excluding steroid dienone is 2. The van der Waals surface area contributed by atoms with Crippen molar-refractivity contribution in [2.75, 3.05) is 13.2 Å². The molecule has 0 radical (unpaired) electrons. The summed E-state index contributed by atoms with van der Waals surface area (Å²) >= 11 is 0. The van der Waals surface area contributed by atoms with E-state index in [0.717, 1.165) is 44.9 Å². The molecule has 1 heterocycles. The number of carbonyl (C=O) groups excluding carboxylic acids is 1. The molecule has 0 aromatic heterocycles. The predicted octanol–water partition coefficient (Wildman–Crippen LogP) is 10.9. The first-order valence-electron chi connectivity index (χ1n) is 24.9. The summed E-state index contributed by atoms with van der Waals surface area (Å²) in [5, 5.41) is 54.4. The maximum atomic E-state index is 13.0. The molecule has 344 valence electrons. The zero-order chi connectivity index (χ0) is 42.3. The van der Waals surface area contributed by atoms with Crippen LogP contribution in [-0.4, -0.2) is 87.5 Å². The van der Waals surface area contributed by atoms with Crippen LogP contribution in [0.2, 0.25) is 0 Å². The third-order valence-corrected chi connectivity index (χ3v) is 12.1. The van der Waals surface area contributed by atoms with E-state index < -0.39 is 49.5 Å². The van der Waals surface area contributed by atoms with Gasteiger partial charge in [0.2, 0.25) is 5.91 Å². The van der Waals surface area contributed by atoms with Gasteiger partial charge in [0.25, 0.3) is 0 Å². The second kappa shape index (κ2) is 40.0. The summed E-state index contributed by atoms with van der Waals surface area (Å²) in [6.45, 7) is 3.83. The van der Waals surface area contributed by atoms with Gasteiger partial charge in [-0.25, -0.2) is 0 Å². The molecule has 0 spiro atoms. The molecule has 0 aromatic rings. The third kappa shape index (κ3) is 30.0. The molecule has 58 heavy (non-hydrogen) atoms. The van der Waals surface area contributed by atoms with E-state index in [-0.39, 0.29) is 12.5 Å². The molecule has 0 aromatic carbocycles. The minimum Gasteiger partial charge on any atom is -0.394 e. The van der Waals surface area contributed by atoms with E-state index in [0.29, 0.717) is 12.8 Å². The van der Waals surface area contributed by atoms with Crippen LogP contribution in [0.4, 0.5) is 0 Å². The van der Waals surface area contributed by atoms with Gasteiger partial charge in [-0.1, -0.05) is 206 Å². The van der Waals surface area contributed by atoms with Gasteiger partial charge in [0.1, 0.15) is 24.4 Å². The first kappa shape index (κ1) is 54.9. The Morgan fingerprint density at radius 1 is 0.569 bits per heavy atom. The third-order valence-electron chi connectivity index (χ3n) is 12.1. The van der Waals surface area contributed by atoms with E-state index in [1.54, 1.807) is 0 Å². The van der Waals surface area contributed by atoms with Crippen molar-refractivity contribution < 1.29 is 39.8 Å². The molecule has 0 aliphatic carbocycles.